The molecule has 1 N–H and O–H groups in total. The molecule has 1 spiro atoms. The summed E-state index contributed by atoms with van der Waals surface area (Å²) in [7, 11) is -3.60. The van der Waals surface area contributed by atoms with Gasteiger partial charge in [0.25, 0.3) is 0 Å². The van der Waals surface area contributed by atoms with E-state index in [0.29, 0.717) is 18.7 Å². The largest absolute Gasteiger partial charge is 0.317 e. The number of rotatable bonds is 2. The minimum absolute atomic E-state index is 0.0964. The first kappa shape index (κ1) is 15.8. The molecule has 0 unspecified atom stereocenters. The zero-order valence-corrected chi connectivity index (χ0v) is 13.8. The summed E-state index contributed by atoms with van der Waals surface area (Å²) in [5.74, 6) is 0. The third-order valence-electron chi connectivity index (χ3n) is 4.75. The Morgan fingerprint density at radius 2 is 2.00 bits per heavy atom. The van der Waals surface area contributed by atoms with Gasteiger partial charge < -0.3 is 5.32 Å². The molecule has 2 aliphatic heterocycles. The number of nitrogens with zero attached hydrogens (tertiary/aromatic N) is 2. The van der Waals surface area contributed by atoms with Crippen molar-refractivity contribution >= 4 is 21.6 Å². The second kappa shape index (κ2) is 5.82. The molecule has 0 aliphatic carbocycles. The molecular formula is C15H18ClN3O2S. The Labute approximate surface area is 135 Å². The molecular weight excluding hydrogens is 322 g/mol. The van der Waals surface area contributed by atoms with Crippen molar-refractivity contribution in [3.63, 3.8) is 0 Å². The SMILES string of the molecule is N#Cc1ccc(S(=O)(=O)N2CCC3(CCNCC3)C2)c(Cl)c1. The Morgan fingerprint density at radius 3 is 2.64 bits per heavy atom. The molecule has 2 heterocycles. The lowest BCUT2D eigenvalue weighted by Gasteiger charge is -2.33. The van der Waals surface area contributed by atoms with Crippen LogP contribution in [0.3, 0.4) is 0 Å². The highest BCUT2D eigenvalue weighted by molar-refractivity contribution is 7.89. The molecule has 0 saturated carbocycles. The highest BCUT2D eigenvalue weighted by Gasteiger charge is 2.43. The predicted molar refractivity (Wildman–Crippen MR) is 84.1 cm³/mol. The van der Waals surface area contributed by atoms with Gasteiger partial charge in [0, 0.05) is 13.1 Å². The lowest BCUT2D eigenvalue weighted by molar-refractivity contribution is 0.218. The number of sulfonamides is 1. The van der Waals surface area contributed by atoms with Crippen LogP contribution in [0.1, 0.15) is 24.8 Å². The summed E-state index contributed by atoms with van der Waals surface area (Å²) in [5.41, 5.74) is 0.470. The fraction of sp³-hybridized carbons (Fsp3) is 0.533. The molecule has 3 rings (SSSR count). The van der Waals surface area contributed by atoms with E-state index in [4.69, 9.17) is 16.9 Å². The Kier molecular flexibility index (Phi) is 4.17. The first-order valence-corrected chi connectivity index (χ1v) is 9.19. The van der Waals surface area contributed by atoms with Crippen molar-refractivity contribution in [1.29, 1.82) is 5.26 Å². The van der Waals surface area contributed by atoms with E-state index in [1.54, 1.807) is 4.31 Å². The van der Waals surface area contributed by atoms with E-state index in [2.05, 4.69) is 5.32 Å². The average Bonchev–Trinajstić information content (AvgIpc) is 2.92. The van der Waals surface area contributed by atoms with Gasteiger partial charge in [-0.05, 0) is 56.0 Å². The molecule has 0 atom stereocenters. The molecule has 5 nitrogen and oxygen atoms in total. The van der Waals surface area contributed by atoms with Crippen LogP contribution in [0.2, 0.25) is 5.02 Å². The van der Waals surface area contributed by atoms with E-state index < -0.39 is 10.0 Å². The highest BCUT2D eigenvalue weighted by Crippen LogP contribution is 2.41. The van der Waals surface area contributed by atoms with Gasteiger partial charge in [-0.2, -0.15) is 9.57 Å². The molecule has 7 heteroatoms. The van der Waals surface area contributed by atoms with Gasteiger partial charge in [-0.15, -0.1) is 0 Å². The standard InChI is InChI=1S/C15H18ClN3O2S/c16-13-9-12(10-17)1-2-14(13)22(20,21)19-8-5-15(11-19)3-6-18-7-4-15/h1-2,9,18H,3-8,11H2. The van der Waals surface area contributed by atoms with Gasteiger partial charge in [0.15, 0.2) is 0 Å². The van der Waals surface area contributed by atoms with Crippen molar-refractivity contribution in [2.75, 3.05) is 26.2 Å². The highest BCUT2D eigenvalue weighted by atomic mass is 35.5. The number of hydrogen-bond donors (Lipinski definition) is 1. The Balaban J connectivity index is 1.87. The number of piperidine rings is 1. The van der Waals surface area contributed by atoms with E-state index in [1.807, 2.05) is 6.07 Å². The van der Waals surface area contributed by atoms with Crippen LogP contribution in [0, 0.1) is 16.7 Å². The van der Waals surface area contributed by atoms with Crippen LogP contribution < -0.4 is 5.32 Å². The van der Waals surface area contributed by atoms with Crippen LogP contribution in [0.25, 0.3) is 0 Å². The molecule has 118 valence electrons. The second-order valence-corrected chi connectivity index (χ2v) is 8.41. The molecule has 2 saturated heterocycles. The lowest BCUT2D eigenvalue weighted by atomic mass is 9.78. The molecule has 1 aromatic rings. The van der Waals surface area contributed by atoms with Gasteiger partial charge in [-0.3, -0.25) is 0 Å². The fourth-order valence-corrected chi connectivity index (χ4v) is 5.46. The average molecular weight is 340 g/mol. The van der Waals surface area contributed by atoms with E-state index in [9.17, 15) is 8.42 Å². The monoisotopic (exact) mass is 339 g/mol. The van der Waals surface area contributed by atoms with Gasteiger partial charge in [0.1, 0.15) is 4.90 Å². The zero-order chi connectivity index (χ0) is 15.8. The van der Waals surface area contributed by atoms with Crippen LogP contribution in [0.15, 0.2) is 23.1 Å². The third kappa shape index (κ3) is 2.74. The van der Waals surface area contributed by atoms with E-state index in [-0.39, 0.29) is 15.3 Å². The van der Waals surface area contributed by atoms with Crippen LogP contribution in [-0.4, -0.2) is 38.9 Å². The predicted octanol–water partition coefficient (Wildman–Crippen LogP) is 1.98. The third-order valence-corrected chi connectivity index (χ3v) is 7.07. The second-order valence-electron chi connectivity index (χ2n) is 6.10. The summed E-state index contributed by atoms with van der Waals surface area (Å²) in [4.78, 5) is 0.0964. The fourth-order valence-electron chi connectivity index (χ4n) is 3.38. The molecule has 22 heavy (non-hydrogen) atoms. The van der Waals surface area contributed by atoms with Crippen LogP contribution in [0.4, 0.5) is 0 Å². The molecule has 2 aliphatic rings. The molecule has 0 aromatic heterocycles. The first-order valence-electron chi connectivity index (χ1n) is 7.37. The number of halogens is 1. The first-order chi connectivity index (χ1) is 10.5. The molecule has 0 radical (unpaired) electrons. The van der Waals surface area contributed by atoms with E-state index in [1.165, 1.54) is 18.2 Å². The Hall–Kier alpha value is -1.13. The molecule has 0 amide bonds. The Morgan fingerprint density at radius 1 is 1.27 bits per heavy atom. The van der Waals surface area contributed by atoms with Gasteiger partial charge in [0.05, 0.1) is 16.7 Å². The van der Waals surface area contributed by atoms with Gasteiger partial charge >= 0.3 is 0 Å². The van der Waals surface area contributed by atoms with Crippen molar-refractivity contribution in [1.82, 2.24) is 9.62 Å². The topological polar surface area (TPSA) is 73.2 Å². The summed E-state index contributed by atoms with van der Waals surface area (Å²) in [5, 5.41) is 12.3. The maximum Gasteiger partial charge on any atom is 0.244 e. The maximum absolute atomic E-state index is 12.8. The summed E-state index contributed by atoms with van der Waals surface area (Å²) < 4.78 is 27.2. The van der Waals surface area contributed by atoms with Crippen molar-refractivity contribution in [3.05, 3.63) is 28.8 Å². The van der Waals surface area contributed by atoms with Crippen molar-refractivity contribution < 1.29 is 8.42 Å². The molecule has 0 bridgehead atoms. The van der Waals surface area contributed by atoms with E-state index in [0.717, 1.165) is 32.4 Å². The number of nitriles is 1. The van der Waals surface area contributed by atoms with Gasteiger partial charge in [-0.25, -0.2) is 8.42 Å². The normalized spacial score (nSPS) is 21.8. The lowest BCUT2D eigenvalue weighted by Crippen LogP contribution is -2.39. The number of hydrogen-bond acceptors (Lipinski definition) is 4. The van der Waals surface area contributed by atoms with Crippen LogP contribution >= 0.6 is 11.6 Å². The van der Waals surface area contributed by atoms with Crippen LogP contribution in [-0.2, 0) is 10.0 Å². The van der Waals surface area contributed by atoms with Gasteiger partial charge in [0.2, 0.25) is 10.0 Å². The molecule has 2 fully saturated rings. The van der Waals surface area contributed by atoms with Crippen molar-refractivity contribution in [2.24, 2.45) is 5.41 Å². The van der Waals surface area contributed by atoms with E-state index >= 15 is 0 Å². The zero-order valence-electron chi connectivity index (χ0n) is 12.2. The molecule has 1 aromatic carbocycles. The smallest absolute Gasteiger partial charge is 0.244 e. The summed E-state index contributed by atoms with van der Waals surface area (Å²) in [6.45, 7) is 3.00. The summed E-state index contributed by atoms with van der Waals surface area (Å²) in [6, 6.07) is 6.30. The number of benzene rings is 1. The Bertz CT molecular complexity index is 721. The maximum atomic E-state index is 12.8. The number of nitrogens with one attached hydrogen (secondary N) is 1. The van der Waals surface area contributed by atoms with Crippen molar-refractivity contribution in [3.8, 4) is 6.07 Å². The van der Waals surface area contributed by atoms with Gasteiger partial charge in [-0.1, -0.05) is 11.6 Å². The van der Waals surface area contributed by atoms with Crippen molar-refractivity contribution in [2.45, 2.75) is 24.2 Å². The summed E-state index contributed by atoms with van der Waals surface area (Å²) in [6.07, 6.45) is 2.93. The van der Waals surface area contributed by atoms with Crippen LogP contribution in [0.5, 0.6) is 0 Å². The quantitative estimate of drug-likeness (QED) is 0.894. The minimum atomic E-state index is -3.60. The summed E-state index contributed by atoms with van der Waals surface area (Å²) >= 11 is 6.08. The minimum Gasteiger partial charge on any atom is -0.317 e.